The highest BCUT2D eigenvalue weighted by molar-refractivity contribution is 6.31. The molecule has 0 aliphatic heterocycles. The second kappa shape index (κ2) is 4.83. The van der Waals surface area contributed by atoms with Crippen LogP contribution in [0.5, 0.6) is 0 Å². The van der Waals surface area contributed by atoms with E-state index in [-0.39, 0.29) is 5.56 Å². The standard InChI is InChI=1S/C14H9ClN4O/c15-12-7-10(8-16)1-2-11(12)9-18-5-6-19-13(14(18)20)3-4-17-19/h1-7H,9H2. The van der Waals surface area contributed by atoms with E-state index >= 15 is 0 Å². The van der Waals surface area contributed by atoms with Gasteiger partial charge in [0, 0.05) is 17.4 Å². The second-order valence-electron chi connectivity index (χ2n) is 4.31. The third kappa shape index (κ3) is 2.06. The van der Waals surface area contributed by atoms with Crippen molar-refractivity contribution in [2.24, 2.45) is 0 Å². The Morgan fingerprint density at radius 3 is 2.90 bits per heavy atom. The molecule has 0 unspecified atom stereocenters. The molecule has 0 amide bonds. The van der Waals surface area contributed by atoms with Gasteiger partial charge in [-0.2, -0.15) is 10.4 Å². The molecule has 5 nitrogen and oxygen atoms in total. The molecule has 0 saturated heterocycles. The number of aromatic nitrogens is 3. The first-order chi connectivity index (χ1) is 9.69. The van der Waals surface area contributed by atoms with Crippen molar-refractivity contribution < 1.29 is 0 Å². The SMILES string of the molecule is N#Cc1ccc(Cn2ccn3nccc3c2=O)c(Cl)c1. The first-order valence-corrected chi connectivity index (χ1v) is 6.28. The molecular formula is C14H9ClN4O. The van der Waals surface area contributed by atoms with Crippen LogP contribution in [0.3, 0.4) is 0 Å². The van der Waals surface area contributed by atoms with Gasteiger partial charge >= 0.3 is 0 Å². The highest BCUT2D eigenvalue weighted by Gasteiger charge is 2.07. The van der Waals surface area contributed by atoms with Gasteiger partial charge < -0.3 is 4.57 Å². The zero-order chi connectivity index (χ0) is 14.1. The smallest absolute Gasteiger partial charge is 0.276 e. The van der Waals surface area contributed by atoms with E-state index in [0.29, 0.717) is 22.6 Å². The molecule has 6 heteroatoms. The summed E-state index contributed by atoms with van der Waals surface area (Å²) in [4.78, 5) is 12.2. The van der Waals surface area contributed by atoms with E-state index in [1.807, 2.05) is 6.07 Å². The Morgan fingerprint density at radius 1 is 1.30 bits per heavy atom. The normalized spacial score (nSPS) is 10.6. The fraction of sp³-hybridized carbons (Fsp3) is 0.0714. The van der Waals surface area contributed by atoms with Crippen LogP contribution in [0.15, 0.2) is 47.7 Å². The molecule has 2 aromatic heterocycles. The van der Waals surface area contributed by atoms with Gasteiger partial charge in [-0.15, -0.1) is 0 Å². The highest BCUT2D eigenvalue weighted by atomic mass is 35.5. The van der Waals surface area contributed by atoms with Gasteiger partial charge in [0.15, 0.2) is 0 Å². The number of nitrogens with zero attached hydrogens (tertiary/aromatic N) is 4. The van der Waals surface area contributed by atoms with Crippen molar-refractivity contribution in [2.45, 2.75) is 6.54 Å². The van der Waals surface area contributed by atoms with E-state index in [2.05, 4.69) is 5.10 Å². The third-order valence-electron chi connectivity index (χ3n) is 3.06. The molecule has 1 aromatic carbocycles. The Labute approximate surface area is 119 Å². The lowest BCUT2D eigenvalue weighted by atomic mass is 10.1. The average Bonchev–Trinajstić information content (AvgIpc) is 2.93. The Kier molecular flexibility index (Phi) is 3.01. The van der Waals surface area contributed by atoms with E-state index in [0.717, 1.165) is 5.56 Å². The number of hydrogen-bond donors (Lipinski definition) is 0. The predicted molar refractivity (Wildman–Crippen MR) is 74.7 cm³/mol. The Hall–Kier alpha value is -2.58. The largest absolute Gasteiger partial charge is 0.308 e. The number of halogens is 1. The maximum absolute atomic E-state index is 12.2. The van der Waals surface area contributed by atoms with Crippen molar-refractivity contribution in [3.8, 4) is 6.07 Å². The molecule has 2 heterocycles. The molecule has 0 saturated carbocycles. The van der Waals surface area contributed by atoms with Crippen molar-refractivity contribution in [1.82, 2.24) is 14.2 Å². The Bertz CT molecular complexity index is 888. The monoisotopic (exact) mass is 284 g/mol. The highest BCUT2D eigenvalue weighted by Crippen LogP contribution is 2.18. The van der Waals surface area contributed by atoms with E-state index in [4.69, 9.17) is 16.9 Å². The fourth-order valence-electron chi connectivity index (χ4n) is 2.01. The summed E-state index contributed by atoms with van der Waals surface area (Å²) in [7, 11) is 0. The molecule has 20 heavy (non-hydrogen) atoms. The van der Waals surface area contributed by atoms with Crippen molar-refractivity contribution >= 4 is 17.1 Å². The van der Waals surface area contributed by atoms with Crippen molar-refractivity contribution in [3.05, 3.63) is 69.4 Å². The summed E-state index contributed by atoms with van der Waals surface area (Å²) in [6.45, 7) is 0.352. The minimum Gasteiger partial charge on any atom is -0.308 e. The summed E-state index contributed by atoms with van der Waals surface area (Å²) < 4.78 is 3.09. The number of fused-ring (bicyclic) bond motifs is 1. The molecule has 0 radical (unpaired) electrons. The third-order valence-corrected chi connectivity index (χ3v) is 3.41. The topological polar surface area (TPSA) is 63.1 Å². The van der Waals surface area contributed by atoms with E-state index in [1.54, 1.807) is 47.4 Å². The van der Waals surface area contributed by atoms with E-state index in [9.17, 15) is 4.79 Å². The minimum absolute atomic E-state index is 0.134. The van der Waals surface area contributed by atoms with Gasteiger partial charge in [0.2, 0.25) is 0 Å². The zero-order valence-electron chi connectivity index (χ0n) is 10.3. The lowest BCUT2D eigenvalue weighted by molar-refractivity contribution is 0.743. The summed E-state index contributed by atoms with van der Waals surface area (Å²) in [5, 5.41) is 13.3. The van der Waals surface area contributed by atoms with Crippen LogP contribution in [-0.2, 0) is 6.54 Å². The van der Waals surface area contributed by atoms with Crippen LogP contribution in [0.2, 0.25) is 5.02 Å². The molecule has 0 N–H and O–H groups in total. The number of hydrogen-bond acceptors (Lipinski definition) is 3. The maximum atomic E-state index is 12.2. The van der Waals surface area contributed by atoms with E-state index < -0.39 is 0 Å². The number of benzene rings is 1. The van der Waals surface area contributed by atoms with Crippen LogP contribution >= 0.6 is 11.6 Å². The van der Waals surface area contributed by atoms with Crippen LogP contribution in [-0.4, -0.2) is 14.2 Å². The summed E-state index contributed by atoms with van der Waals surface area (Å²) in [5.41, 5.74) is 1.66. The molecular weight excluding hydrogens is 276 g/mol. The molecule has 0 bridgehead atoms. The lowest BCUT2D eigenvalue weighted by Gasteiger charge is -2.08. The quantitative estimate of drug-likeness (QED) is 0.724. The van der Waals surface area contributed by atoms with Crippen LogP contribution < -0.4 is 5.56 Å². The van der Waals surface area contributed by atoms with Gasteiger partial charge in [0.05, 0.1) is 24.4 Å². The van der Waals surface area contributed by atoms with Gasteiger partial charge in [-0.3, -0.25) is 4.79 Å². The molecule has 0 aliphatic rings. The maximum Gasteiger partial charge on any atom is 0.276 e. The summed E-state index contributed by atoms with van der Waals surface area (Å²) >= 11 is 6.12. The molecule has 3 rings (SSSR count). The zero-order valence-corrected chi connectivity index (χ0v) is 11.1. The number of rotatable bonds is 2. The van der Waals surface area contributed by atoms with Crippen LogP contribution in [0.1, 0.15) is 11.1 Å². The average molecular weight is 285 g/mol. The van der Waals surface area contributed by atoms with Gasteiger partial charge in [-0.1, -0.05) is 17.7 Å². The minimum atomic E-state index is -0.134. The summed E-state index contributed by atoms with van der Waals surface area (Å²) in [6, 6.07) is 8.73. The molecule has 0 fully saturated rings. The summed E-state index contributed by atoms with van der Waals surface area (Å²) in [6.07, 6.45) is 4.96. The Balaban J connectivity index is 2.03. The first kappa shape index (κ1) is 12.5. The van der Waals surface area contributed by atoms with E-state index in [1.165, 1.54) is 4.52 Å². The Morgan fingerprint density at radius 2 is 2.15 bits per heavy atom. The molecule has 0 atom stereocenters. The molecule has 0 spiro atoms. The van der Waals surface area contributed by atoms with Gasteiger partial charge in [-0.05, 0) is 23.8 Å². The number of nitriles is 1. The van der Waals surface area contributed by atoms with Gasteiger partial charge in [0.1, 0.15) is 5.52 Å². The van der Waals surface area contributed by atoms with Crippen LogP contribution in [0.25, 0.3) is 5.52 Å². The van der Waals surface area contributed by atoms with Crippen molar-refractivity contribution in [2.75, 3.05) is 0 Å². The van der Waals surface area contributed by atoms with Gasteiger partial charge in [0.25, 0.3) is 5.56 Å². The molecule has 3 aromatic rings. The first-order valence-electron chi connectivity index (χ1n) is 5.90. The van der Waals surface area contributed by atoms with Crippen molar-refractivity contribution in [1.29, 1.82) is 5.26 Å². The molecule has 0 aliphatic carbocycles. The predicted octanol–water partition coefficient (Wildman–Crippen LogP) is 2.07. The lowest BCUT2D eigenvalue weighted by Crippen LogP contribution is -2.21. The van der Waals surface area contributed by atoms with Crippen LogP contribution in [0.4, 0.5) is 0 Å². The fourth-order valence-corrected chi connectivity index (χ4v) is 2.25. The van der Waals surface area contributed by atoms with Gasteiger partial charge in [-0.25, -0.2) is 4.52 Å². The molecule has 98 valence electrons. The van der Waals surface area contributed by atoms with Crippen LogP contribution in [0, 0.1) is 11.3 Å². The van der Waals surface area contributed by atoms with Crippen molar-refractivity contribution in [3.63, 3.8) is 0 Å². The summed E-state index contributed by atoms with van der Waals surface area (Å²) in [5.74, 6) is 0. The second-order valence-corrected chi connectivity index (χ2v) is 4.72.